The van der Waals surface area contributed by atoms with Crippen LogP contribution in [0.3, 0.4) is 0 Å². The minimum absolute atomic E-state index is 0.0373. The fraction of sp³-hybridized carbons (Fsp3) is 0.308. The maximum Gasteiger partial charge on any atom is 0.319 e. The second-order valence-corrected chi connectivity index (χ2v) is 4.47. The van der Waals surface area contributed by atoms with Gasteiger partial charge >= 0.3 is 12.0 Å². The molecular formula is C13H16N4O3. The molecule has 1 aromatic carbocycles. The molecule has 0 aliphatic carbocycles. The summed E-state index contributed by atoms with van der Waals surface area (Å²) in [6, 6.07) is 3.33. The molecule has 0 atom stereocenters. The third kappa shape index (κ3) is 3.25. The molecule has 20 heavy (non-hydrogen) atoms. The second-order valence-electron chi connectivity index (χ2n) is 4.47. The number of benzene rings is 1. The molecule has 0 spiro atoms. The number of fused-ring (bicyclic) bond motifs is 1. The number of aliphatic carboxylic acids is 1. The monoisotopic (exact) mass is 276 g/mol. The highest BCUT2D eigenvalue weighted by atomic mass is 16.4. The van der Waals surface area contributed by atoms with E-state index >= 15 is 0 Å². The molecule has 2 amide bonds. The van der Waals surface area contributed by atoms with E-state index in [1.54, 1.807) is 12.3 Å². The van der Waals surface area contributed by atoms with Crippen molar-refractivity contribution in [2.75, 3.05) is 11.9 Å². The van der Waals surface area contributed by atoms with Gasteiger partial charge < -0.3 is 15.7 Å². The Morgan fingerprint density at radius 3 is 2.95 bits per heavy atom. The normalized spacial score (nSPS) is 10.4. The van der Waals surface area contributed by atoms with Crippen molar-refractivity contribution in [1.29, 1.82) is 0 Å². The van der Waals surface area contributed by atoms with E-state index in [0.29, 0.717) is 18.7 Å². The predicted octanol–water partition coefficient (Wildman–Crippen LogP) is 1.86. The molecule has 1 heterocycles. The van der Waals surface area contributed by atoms with E-state index < -0.39 is 5.97 Å². The van der Waals surface area contributed by atoms with Gasteiger partial charge in [0.1, 0.15) is 0 Å². The molecule has 0 aliphatic rings. The van der Waals surface area contributed by atoms with Crippen molar-refractivity contribution in [2.24, 2.45) is 0 Å². The van der Waals surface area contributed by atoms with Crippen molar-refractivity contribution in [3.05, 3.63) is 23.9 Å². The number of aryl methyl sites for hydroxylation is 1. The van der Waals surface area contributed by atoms with E-state index in [4.69, 9.17) is 5.11 Å². The molecule has 4 N–H and O–H groups in total. The van der Waals surface area contributed by atoms with Crippen LogP contribution in [0.2, 0.25) is 0 Å². The largest absolute Gasteiger partial charge is 0.481 e. The van der Waals surface area contributed by atoms with Gasteiger partial charge in [0.15, 0.2) is 0 Å². The standard InChI is InChI=1S/C13H16N4O3/c1-8-4-5-10(12-9(8)7-15-17-12)16-13(20)14-6-2-3-11(18)19/h4-5,7H,2-3,6H2,1H3,(H,15,17)(H,18,19)(H2,14,16,20). The molecule has 2 aromatic rings. The van der Waals surface area contributed by atoms with Gasteiger partial charge in [-0.1, -0.05) is 6.07 Å². The summed E-state index contributed by atoms with van der Waals surface area (Å²) in [7, 11) is 0. The zero-order chi connectivity index (χ0) is 14.5. The molecule has 0 bridgehead atoms. The highest BCUT2D eigenvalue weighted by molar-refractivity contribution is 6.00. The minimum atomic E-state index is -0.870. The molecule has 0 radical (unpaired) electrons. The van der Waals surface area contributed by atoms with Crippen molar-refractivity contribution in [3.8, 4) is 0 Å². The number of hydrogen-bond acceptors (Lipinski definition) is 3. The van der Waals surface area contributed by atoms with Crippen molar-refractivity contribution in [2.45, 2.75) is 19.8 Å². The van der Waals surface area contributed by atoms with Gasteiger partial charge in [0.25, 0.3) is 0 Å². The lowest BCUT2D eigenvalue weighted by molar-refractivity contribution is -0.137. The van der Waals surface area contributed by atoms with Crippen LogP contribution in [0.4, 0.5) is 10.5 Å². The second kappa shape index (κ2) is 6.05. The molecule has 0 saturated carbocycles. The first-order chi connectivity index (χ1) is 9.58. The Kier molecular flexibility index (Phi) is 4.19. The van der Waals surface area contributed by atoms with Crippen LogP contribution in [0, 0.1) is 6.92 Å². The maximum absolute atomic E-state index is 11.7. The molecule has 1 aromatic heterocycles. The van der Waals surface area contributed by atoms with Gasteiger partial charge in [-0.3, -0.25) is 9.89 Å². The van der Waals surface area contributed by atoms with Gasteiger partial charge in [0.2, 0.25) is 0 Å². The third-order valence-electron chi connectivity index (χ3n) is 2.93. The smallest absolute Gasteiger partial charge is 0.319 e. The zero-order valence-corrected chi connectivity index (χ0v) is 11.1. The number of urea groups is 1. The Morgan fingerprint density at radius 1 is 1.40 bits per heavy atom. The van der Waals surface area contributed by atoms with Crippen LogP contribution in [0.1, 0.15) is 18.4 Å². The van der Waals surface area contributed by atoms with E-state index in [-0.39, 0.29) is 12.5 Å². The lowest BCUT2D eigenvalue weighted by Crippen LogP contribution is -2.29. The van der Waals surface area contributed by atoms with Crippen LogP contribution in [0.5, 0.6) is 0 Å². The van der Waals surface area contributed by atoms with Gasteiger partial charge in [0, 0.05) is 18.4 Å². The summed E-state index contributed by atoms with van der Waals surface area (Å²) in [4.78, 5) is 22.0. The Labute approximate surface area is 115 Å². The summed E-state index contributed by atoms with van der Waals surface area (Å²) >= 11 is 0. The number of carboxylic acid groups (broad SMARTS) is 1. The molecule has 0 unspecified atom stereocenters. The summed E-state index contributed by atoms with van der Waals surface area (Å²) in [6.07, 6.45) is 2.15. The number of rotatable bonds is 5. The Bertz CT molecular complexity index is 636. The average Bonchev–Trinajstić information content (AvgIpc) is 2.88. The number of nitrogens with one attached hydrogen (secondary N) is 3. The highest BCUT2D eigenvalue weighted by Gasteiger charge is 2.08. The van der Waals surface area contributed by atoms with Crippen LogP contribution in [0.15, 0.2) is 18.3 Å². The van der Waals surface area contributed by atoms with Crippen LogP contribution in [-0.2, 0) is 4.79 Å². The molecule has 7 nitrogen and oxygen atoms in total. The molecule has 0 saturated heterocycles. The van der Waals surface area contributed by atoms with Crippen LogP contribution in [0.25, 0.3) is 10.9 Å². The van der Waals surface area contributed by atoms with E-state index in [1.165, 1.54) is 0 Å². The summed E-state index contributed by atoms with van der Waals surface area (Å²) in [6.45, 7) is 2.28. The number of aromatic amines is 1. The first kappa shape index (κ1) is 13.9. The minimum Gasteiger partial charge on any atom is -0.481 e. The van der Waals surface area contributed by atoms with E-state index in [0.717, 1.165) is 16.5 Å². The summed E-state index contributed by atoms with van der Waals surface area (Å²) < 4.78 is 0. The first-order valence-corrected chi connectivity index (χ1v) is 6.27. The first-order valence-electron chi connectivity index (χ1n) is 6.27. The highest BCUT2D eigenvalue weighted by Crippen LogP contribution is 2.23. The SMILES string of the molecule is Cc1ccc(NC(=O)NCCCC(=O)O)c2[nH]ncc12. The molecule has 2 rings (SSSR count). The van der Waals surface area contributed by atoms with Crippen molar-refractivity contribution >= 4 is 28.6 Å². The third-order valence-corrected chi connectivity index (χ3v) is 2.93. The van der Waals surface area contributed by atoms with Gasteiger partial charge in [-0.15, -0.1) is 0 Å². The fourth-order valence-corrected chi connectivity index (χ4v) is 1.88. The van der Waals surface area contributed by atoms with Crippen LogP contribution >= 0.6 is 0 Å². The number of nitrogens with zero attached hydrogens (tertiary/aromatic N) is 1. The Hall–Kier alpha value is -2.57. The molecule has 0 fully saturated rings. The van der Waals surface area contributed by atoms with E-state index in [9.17, 15) is 9.59 Å². The number of anilines is 1. The zero-order valence-electron chi connectivity index (χ0n) is 11.1. The van der Waals surface area contributed by atoms with Gasteiger partial charge in [-0.05, 0) is 25.0 Å². The van der Waals surface area contributed by atoms with Gasteiger partial charge in [0.05, 0.1) is 17.4 Å². The lowest BCUT2D eigenvalue weighted by Gasteiger charge is -2.08. The molecule has 106 valence electrons. The van der Waals surface area contributed by atoms with Gasteiger partial charge in [-0.25, -0.2) is 4.79 Å². The van der Waals surface area contributed by atoms with E-state index in [2.05, 4.69) is 20.8 Å². The summed E-state index contributed by atoms with van der Waals surface area (Å²) in [5, 5.41) is 21.6. The van der Waals surface area contributed by atoms with Crippen molar-refractivity contribution in [3.63, 3.8) is 0 Å². The van der Waals surface area contributed by atoms with Crippen LogP contribution in [-0.4, -0.2) is 33.8 Å². The Balaban J connectivity index is 1.95. The molecular weight excluding hydrogens is 260 g/mol. The molecule has 0 aliphatic heterocycles. The number of carbonyl (C=O) groups excluding carboxylic acids is 1. The Morgan fingerprint density at radius 2 is 2.20 bits per heavy atom. The quantitative estimate of drug-likeness (QED) is 0.625. The number of H-pyrrole nitrogens is 1. The van der Waals surface area contributed by atoms with Crippen molar-refractivity contribution in [1.82, 2.24) is 15.5 Å². The topological polar surface area (TPSA) is 107 Å². The number of hydrogen-bond donors (Lipinski definition) is 4. The average molecular weight is 276 g/mol. The summed E-state index contributed by atoms with van der Waals surface area (Å²) in [5.74, 6) is -0.870. The van der Waals surface area contributed by atoms with E-state index in [1.807, 2.05) is 13.0 Å². The number of carboxylic acids is 1. The maximum atomic E-state index is 11.7. The fourth-order valence-electron chi connectivity index (χ4n) is 1.88. The van der Waals surface area contributed by atoms with Gasteiger partial charge in [-0.2, -0.15) is 5.10 Å². The predicted molar refractivity (Wildman–Crippen MR) is 74.7 cm³/mol. The van der Waals surface area contributed by atoms with Crippen LogP contribution < -0.4 is 10.6 Å². The number of amides is 2. The number of aromatic nitrogens is 2. The lowest BCUT2D eigenvalue weighted by atomic mass is 10.1. The molecule has 7 heteroatoms. The van der Waals surface area contributed by atoms with Crippen molar-refractivity contribution < 1.29 is 14.7 Å². The summed E-state index contributed by atoms with van der Waals surface area (Å²) in [5.41, 5.74) is 2.48. The number of carbonyl (C=O) groups is 2.